The highest BCUT2D eigenvalue weighted by molar-refractivity contribution is 5.85. The Balaban J connectivity index is 0.00000208. The Morgan fingerprint density at radius 2 is 2.00 bits per heavy atom. The number of likely N-dealkylation sites (tertiary alicyclic amines) is 1. The number of aromatic nitrogens is 1. The van der Waals surface area contributed by atoms with Gasteiger partial charge < -0.3 is 15.2 Å². The number of rotatable bonds is 4. The Hall–Kier alpha value is -1.85. The number of nitrogens with two attached hydrogens (primary N) is 1. The summed E-state index contributed by atoms with van der Waals surface area (Å²) < 4.78 is 5.15. The van der Waals surface area contributed by atoms with Gasteiger partial charge in [0.1, 0.15) is 5.76 Å². The highest BCUT2D eigenvalue weighted by Crippen LogP contribution is 2.27. The van der Waals surface area contributed by atoms with Crippen molar-refractivity contribution in [1.82, 2.24) is 10.1 Å². The van der Waals surface area contributed by atoms with Gasteiger partial charge >= 0.3 is 0 Å². The zero-order chi connectivity index (χ0) is 16.4. The van der Waals surface area contributed by atoms with Gasteiger partial charge in [-0.3, -0.25) is 4.79 Å². The number of benzene rings is 1. The summed E-state index contributed by atoms with van der Waals surface area (Å²) in [5.74, 6) is 1.17. The van der Waals surface area contributed by atoms with Gasteiger partial charge in [-0.2, -0.15) is 0 Å². The maximum Gasteiger partial charge on any atom is 0.222 e. The number of carbonyl (C=O) groups is 1. The molecule has 130 valence electrons. The SMILES string of the molecule is Cc1noc(C)c1CCC(=O)N1C[C@@H](N)[C@H](c2ccccc2)C1.Cl. The smallest absolute Gasteiger partial charge is 0.222 e. The molecule has 0 spiro atoms. The van der Waals surface area contributed by atoms with Gasteiger partial charge in [0, 0.05) is 37.0 Å². The van der Waals surface area contributed by atoms with Gasteiger partial charge in [-0.25, -0.2) is 0 Å². The van der Waals surface area contributed by atoms with Crippen molar-refractivity contribution in [3.05, 3.63) is 52.9 Å². The molecule has 5 nitrogen and oxygen atoms in total. The summed E-state index contributed by atoms with van der Waals surface area (Å²) >= 11 is 0. The van der Waals surface area contributed by atoms with E-state index in [1.54, 1.807) is 0 Å². The first-order valence-electron chi connectivity index (χ1n) is 8.06. The molecule has 1 amide bonds. The van der Waals surface area contributed by atoms with Crippen molar-refractivity contribution in [2.75, 3.05) is 13.1 Å². The van der Waals surface area contributed by atoms with Crippen LogP contribution < -0.4 is 5.73 Å². The quantitative estimate of drug-likeness (QED) is 0.920. The van der Waals surface area contributed by atoms with Crippen LogP contribution in [0.15, 0.2) is 34.9 Å². The molecule has 1 aliphatic rings. The maximum absolute atomic E-state index is 12.5. The largest absolute Gasteiger partial charge is 0.361 e. The Kier molecular flexibility index (Phi) is 6.02. The van der Waals surface area contributed by atoms with Gasteiger partial charge in [0.25, 0.3) is 0 Å². The van der Waals surface area contributed by atoms with Gasteiger partial charge in [-0.05, 0) is 25.8 Å². The molecule has 2 N–H and O–H groups in total. The van der Waals surface area contributed by atoms with Crippen molar-refractivity contribution in [2.45, 2.75) is 38.6 Å². The molecule has 24 heavy (non-hydrogen) atoms. The van der Waals surface area contributed by atoms with E-state index in [4.69, 9.17) is 10.3 Å². The minimum absolute atomic E-state index is 0. The van der Waals surface area contributed by atoms with E-state index in [1.165, 1.54) is 5.56 Å². The topological polar surface area (TPSA) is 72.4 Å². The zero-order valence-electron chi connectivity index (χ0n) is 14.1. The van der Waals surface area contributed by atoms with Crippen LogP contribution in [0.5, 0.6) is 0 Å². The first kappa shape index (κ1) is 18.5. The normalized spacial score (nSPS) is 20.0. The number of aryl methyl sites for hydroxylation is 2. The molecular weight excluding hydrogens is 326 g/mol. The molecule has 3 rings (SSSR count). The van der Waals surface area contributed by atoms with E-state index in [1.807, 2.05) is 36.9 Å². The van der Waals surface area contributed by atoms with Crippen molar-refractivity contribution in [2.24, 2.45) is 5.73 Å². The van der Waals surface area contributed by atoms with Crippen molar-refractivity contribution < 1.29 is 9.32 Å². The third kappa shape index (κ3) is 3.79. The highest BCUT2D eigenvalue weighted by Gasteiger charge is 2.33. The maximum atomic E-state index is 12.5. The molecule has 1 aromatic carbocycles. The first-order valence-corrected chi connectivity index (χ1v) is 8.06. The van der Waals surface area contributed by atoms with Crippen LogP contribution in [0.25, 0.3) is 0 Å². The van der Waals surface area contributed by atoms with E-state index in [0.717, 1.165) is 17.0 Å². The number of amides is 1. The lowest BCUT2D eigenvalue weighted by Gasteiger charge is -2.16. The fourth-order valence-electron chi connectivity index (χ4n) is 3.33. The van der Waals surface area contributed by atoms with Gasteiger partial charge in [0.2, 0.25) is 5.91 Å². The Morgan fingerprint density at radius 1 is 1.29 bits per heavy atom. The summed E-state index contributed by atoms with van der Waals surface area (Å²) in [5.41, 5.74) is 9.38. The number of carbonyl (C=O) groups excluding carboxylic acids is 1. The number of hydrogen-bond acceptors (Lipinski definition) is 4. The summed E-state index contributed by atoms with van der Waals surface area (Å²) in [7, 11) is 0. The zero-order valence-corrected chi connectivity index (χ0v) is 14.9. The molecule has 0 bridgehead atoms. The summed E-state index contributed by atoms with van der Waals surface area (Å²) in [6.07, 6.45) is 1.14. The Morgan fingerprint density at radius 3 is 2.62 bits per heavy atom. The lowest BCUT2D eigenvalue weighted by molar-refractivity contribution is -0.130. The molecule has 2 heterocycles. The van der Waals surface area contributed by atoms with Crippen LogP contribution >= 0.6 is 12.4 Å². The van der Waals surface area contributed by atoms with Crippen molar-refractivity contribution >= 4 is 18.3 Å². The minimum Gasteiger partial charge on any atom is -0.361 e. The van der Waals surface area contributed by atoms with E-state index >= 15 is 0 Å². The summed E-state index contributed by atoms with van der Waals surface area (Å²) in [5, 5.41) is 3.94. The molecular formula is C18H24ClN3O2. The standard InChI is InChI=1S/C18H23N3O2.ClH/c1-12-15(13(2)23-20-12)8-9-18(22)21-10-16(17(19)11-21)14-6-4-3-5-7-14;/h3-7,16-17H,8-11,19H2,1-2H3;1H/t16-,17+;/m0./s1. The van der Waals surface area contributed by atoms with Gasteiger partial charge in [0.05, 0.1) is 5.69 Å². The Labute approximate surface area is 148 Å². The van der Waals surface area contributed by atoms with E-state index in [9.17, 15) is 4.79 Å². The average molecular weight is 350 g/mol. The first-order chi connectivity index (χ1) is 11.1. The lowest BCUT2D eigenvalue weighted by Crippen LogP contribution is -2.32. The predicted octanol–water partition coefficient (Wildman–Crippen LogP) is 2.60. The van der Waals surface area contributed by atoms with Crippen molar-refractivity contribution in [1.29, 1.82) is 0 Å². The number of halogens is 1. The van der Waals surface area contributed by atoms with E-state index in [2.05, 4.69) is 17.3 Å². The van der Waals surface area contributed by atoms with Crippen LogP contribution in [0.3, 0.4) is 0 Å². The van der Waals surface area contributed by atoms with Crippen LogP contribution in [0, 0.1) is 13.8 Å². The highest BCUT2D eigenvalue weighted by atomic mass is 35.5. The fraction of sp³-hybridized carbons (Fsp3) is 0.444. The molecule has 0 radical (unpaired) electrons. The minimum atomic E-state index is 0. The third-order valence-electron chi connectivity index (χ3n) is 4.72. The van der Waals surface area contributed by atoms with E-state index in [-0.39, 0.29) is 30.3 Å². The fourth-order valence-corrected chi connectivity index (χ4v) is 3.33. The molecule has 1 saturated heterocycles. The third-order valence-corrected chi connectivity index (χ3v) is 4.72. The monoisotopic (exact) mass is 349 g/mol. The molecule has 0 aliphatic carbocycles. The van der Waals surface area contributed by atoms with Crippen molar-refractivity contribution in [3.63, 3.8) is 0 Å². The van der Waals surface area contributed by atoms with Crippen LogP contribution in [0.4, 0.5) is 0 Å². The molecule has 6 heteroatoms. The molecule has 2 atom stereocenters. The lowest BCUT2D eigenvalue weighted by atomic mass is 9.95. The van der Waals surface area contributed by atoms with Crippen LogP contribution in [-0.2, 0) is 11.2 Å². The molecule has 2 aromatic rings. The van der Waals surface area contributed by atoms with Gasteiger partial charge in [-0.1, -0.05) is 35.5 Å². The molecule has 0 unspecified atom stereocenters. The van der Waals surface area contributed by atoms with Crippen LogP contribution in [0.1, 0.15) is 34.9 Å². The second kappa shape index (κ2) is 7.81. The second-order valence-corrected chi connectivity index (χ2v) is 6.28. The predicted molar refractivity (Wildman–Crippen MR) is 95.3 cm³/mol. The van der Waals surface area contributed by atoms with Crippen LogP contribution in [-0.4, -0.2) is 35.1 Å². The van der Waals surface area contributed by atoms with E-state index in [0.29, 0.717) is 25.9 Å². The average Bonchev–Trinajstić information content (AvgIpc) is 3.09. The second-order valence-electron chi connectivity index (χ2n) is 6.28. The molecule has 0 saturated carbocycles. The molecule has 1 fully saturated rings. The van der Waals surface area contributed by atoms with Crippen LogP contribution in [0.2, 0.25) is 0 Å². The van der Waals surface area contributed by atoms with Crippen molar-refractivity contribution in [3.8, 4) is 0 Å². The number of hydrogen-bond donors (Lipinski definition) is 1. The van der Waals surface area contributed by atoms with Gasteiger partial charge in [0.15, 0.2) is 0 Å². The molecule has 1 aliphatic heterocycles. The van der Waals surface area contributed by atoms with Gasteiger partial charge in [-0.15, -0.1) is 12.4 Å². The van der Waals surface area contributed by atoms with E-state index < -0.39 is 0 Å². The number of nitrogens with zero attached hydrogens (tertiary/aromatic N) is 2. The molecule has 1 aromatic heterocycles. The summed E-state index contributed by atoms with van der Waals surface area (Å²) in [4.78, 5) is 14.4. The Bertz CT molecular complexity index is 667. The summed E-state index contributed by atoms with van der Waals surface area (Å²) in [6, 6.07) is 10.2. The summed E-state index contributed by atoms with van der Waals surface area (Å²) in [6.45, 7) is 5.12.